The van der Waals surface area contributed by atoms with E-state index in [2.05, 4.69) is 0 Å². The molecule has 4 N–H and O–H groups in total. The van der Waals surface area contributed by atoms with Crippen LogP contribution in [0.2, 0.25) is 0 Å². The van der Waals surface area contributed by atoms with Gasteiger partial charge in [0.25, 0.3) is 0 Å². The predicted molar refractivity (Wildman–Crippen MR) is 94.5 cm³/mol. The molecule has 0 radical (unpaired) electrons. The molecule has 150 valence electrons. The molecule has 2 aliphatic carbocycles. The molecule has 2 heterocycles. The summed E-state index contributed by atoms with van der Waals surface area (Å²) in [5.74, 6) is -1.24. The maximum absolute atomic E-state index is 12.4. The van der Waals surface area contributed by atoms with Crippen LogP contribution < -0.4 is 0 Å². The second kappa shape index (κ2) is 5.64. The van der Waals surface area contributed by atoms with Crippen LogP contribution in [0.15, 0.2) is 23.3 Å². The van der Waals surface area contributed by atoms with Gasteiger partial charge in [-0.3, -0.25) is 0 Å². The van der Waals surface area contributed by atoms with Crippen LogP contribution in [0, 0.1) is 11.3 Å². The lowest BCUT2D eigenvalue weighted by Gasteiger charge is -2.51. The quantitative estimate of drug-likeness (QED) is 0.269. The Balaban J connectivity index is 1.91. The van der Waals surface area contributed by atoms with E-state index in [1.807, 2.05) is 13.0 Å². The number of ether oxygens (including phenoxy) is 2. The zero-order valence-electron chi connectivity index (χ0n) is 16.0. The molecule has 27 heavy (non-hydrogen) atoms. The Morgan fingerprint density at radius 2 is 1.78 bits per heavy atom. The third-order valence-electron chi connectivity index (χ3n) is 7.39. The van der Waals surface area contributed by atoms with E-state index in [9.17, 15) is 25.2 Å². The number of aliphatic hydroxyl groups is 4. The third kappa shape index (κ3) is 2.17. The van der Waals surface area contributed by atoms with Crippen LogP contribution in [0.1, 0.15) is 40.5 Å². The van der Waals surface area contributed by atoms with Crippen LogP contribution in [0.25, 0.3) is 0 Å². The largest absolute Gasteiger partial charge is 0.453 e. The van der Waals surface area contributed by atoms with Gasteiger partial charge in [-0.2, -0.15) is 0 Å². The Kier molecular flexibility index (Phi) is 3.99. The van der Waals surface area contributed by atoms with Gasteiger partial charge in [0.15, 0.2) is 17.3 Å². The van der Waals surface area contributed by atoms with Gasteiger partial charge in [-0.25, -0.2) is 4.79 Å². The highest BCUT2D eigenvalue weighted by atomic mass is 16.7. The van der Waals surface area contributed by atoms with Gasteiger partial charge in [-0.15, -0.1) is 0 Å². The third-order valence-corrected chi connectivity index (χ3v) is 7.39. The molecule has 0 aromatic carbocycles. The molecule has 1 spiro atoms. The van der Waals surface area contributed by atoms with E-state index in [1.165, 1.54) is 0 Å². The minimum atomic E-state index is -1.27. The first-order chi connectivity index (χ1) is 12.5. The van der Waals surface area contributed by atoms with Gasteiger partial charge in [0.1, 0.15) is 0 Å². The number of fused-ring (bicyclic) bond motifs is 1. The molecule has 2 aliphatic heterocycles. The van der Waals surface area contributed by atoms with Crippen LogP contribution in [0.4, 0.5) is 0 Å². The van der Waals surface area contributed by atoms with Crippen molar-refractivity contribution in [3.63, 3.8) is 0 Å². The van der Waals surface area contributed by atoms with Crippen LogP contribution in [0.3, 0.4) is 0 Å². The summed E-state index contributed by atoms with van der Waals surface area (Å²) in [5.41, 5.74) is -2.25. The Hall–Kier alpha value is -1.25. The van der Waals surface area contributed by atoms with Crippen molar-refractivity contribution in [1.82, 2.24) is 0 Å². The second-order valence-corrected chi connectivity index (χ2v) is 8.97. The first-order valence-corrected chi connectivity index (χ1v) is 9.47. The van der Waals surface area contributed by atoms with Gasteiger partial charge in [-0.05, 0) is 39.7 Å². The van der Waals surface area contributed by atoms with Crippen molar-refractivity contribution >= 4 is 5.97 Å². The zero-order chi connectivity index (χ0) is 19.9. The summed E-state index contributed by atoms with van der Waals surface area (Å²) in [5, 5.41) is 44.0. The first-order valence-electron chi connectivity index (χ1n) is 9.47. The Bertz CT molecular complexity index is 745. The number of rotatable bonds is 0. The lowest BCUT2D eigenvalue weighted by molar-refractivity contribution is -0.171. The lowest BCUT2D eigenvalue weighted by atomic mass is 9.56. The van der Waals surface area contributed by atoms with Gasteiger partial charge in [-0.1, -0.05) is 24.1 Å². The van der Waals surface area contributed by atoms with Crippen molar-refractivity contribution in [3.05, 3.63) is 23.3 Å². The number of hydrogen-bond acceptors (Lipinski definition) is 7. The maximum Gasteiger partial charge on any atom is 0.342 e. The molecular weight excluding hydrogens is 352 g/mol. The Morgan fingerprint density at radius 1 is 1.11 bits per heavy atom. The Labute approximate surface area is 158 Å². The summed E-state index contributed by atoms with van der Waals surface area (Å²) in [6, 6.07) is 0. The minimum absolute atomic E-state index is 0.163. The molecule has 0 aromatic rings. The molecule has 0 bridgehead atoms. The number of carbonyl (C=O) groups excluding carboxylic acids is 1. The monoisotopic (exact) mass is 380 g/mol. The van der Waals surface area contributed by atoms with E-state index >= 15 is 0 Å². The maximum atomic E-state index is 12.4. The lowest BCUT2D eigenvalue weighted by Crippen LogP contribution is -2.61. The molecule has 9 atom stereocenters. The number of carbonyl (C=O) groups is 1. The number of hydrogen-bond donors (Lipinski definition) is 4. The van der Waals surface area contributed by atoms with Crippen molar-refractivity contribution in [2.75, 3.05) is 0 Å². The van der Waals surface area contributed by atoms with Crippen molar-refractivity contribution in [2.45, 2.75) is 82.3 Å². The van der Waals surface area contributed by atoms with Crippen LogP contribution in [0.5, 0.6) is 0 Å². The normalized spacial score (nSPS) is 54.7. The molecule has 0 saturated carbocycles. The molecule has 2 saturated heterocycles. The highest BCUT2D eigenvalue weighted by Gasteiger charge is 2.85. The fourth-order valence-corrected chi connectivity index (χ4v) is 5.60. The molecule has 4 rings (SSSR count). The summed E-state index contributed by atoms with van der Waals surface area (Å²) in [7, 11) is 0. The molecule has 7 heteroatoms. The van der Waals surface area contributed by atoms with Crippen LogP contribution in [-0.4, -0.2) is 68.1 Å². The Morgan fingerprint density at radius 3 is 2.41 bits per heavy atom. The van der Waals surface area contributed by atoms with E-state index < -0.39 is 59.0 Å². The topological polar surface area (TPSA) is 120 Å². The molecule has 4 aliphatic rings. The average molecular weight is 380 g/mol. The smallest absolute Gasteiger partial charge is 0.342 e. The van der Waals surface area contributed by atoms with Gasteiger partial charge in [0, 0.05) is 11.3 Å². The SMILES string of the molecule is CC1=CC2OC(=O)C3(C)OC23C(O)C2C(C)=CCC(O)C2(C)C(O)C(O)C1. The highest BCUT2D eigenvalue weighted by Crippen LogP contribution is 2.63. The van der Waals surface area contributed by atoms with Crippen molar-refractivity contribution in [3.8, 4) is 0 Å². The fraction of sp³-hybridized carbons (Fsp3) is 0.750. The van der Waals surface area contributed by atoms with Gasteiger partial charge >= 0.3 is 5.97 Å². The zero-order valence-corrected chi connectivity index (χ0v) is 16.0. The molecule has 2 fully saturated rings. The van der Waals surface area contributed by atoms with Crippen molar-refractivity contribution in [1.29, 1.82) is 0 Å². The fourth-order valence-electron chi connectivity index (χ4n) is 5.60. The molecule has 9 unspecified atom stereocenters. The average Bonchev–Trinajstić information content (AvgIpc) is 3.19. The number of epoxide rings is 1. The van der Waals surface area contributed by atoms with E-state index in [0.717, 1.165) is 5.57 Å². The van der Waals surface area contributed by atoms with E-state index in [0.29, 0.717) is 12.0 Å². The summed E-state index contributed by atoms with van der Waals surface area (Å²) in [4.78, 5) is 12.4. The van der Waals surface area contributed by atoms with Crippen LogP contribution >= 0.6 is 0 Å². The second-order valence-electron chi connectivity index (χ2n) is 8.97. The van der Waals surface area contributed by atoms with E-state index in [1.54, 1.807) is 26.8 Å². The summed E-state index contributed by atoms with van der Waals surface area (Å²) < 4.78 is 11.4. The molecule has 0 aromatic heterocycles. The highest BCUT2D eigenvalue weighted by molar-refractivity contribution is 5.88. The number of aliphatic hydroxyl groups excluding tert-OH is 4. The molecular formula is C20H28O7. The predicted octanol–water partition coefficient (Wildman–Crippen LogP) is 0.206. The minimum Gasteiger partial charge on any atom is -0.453 e. The standard InChI is InChI=1S/C20H28O7/c1-9-7-11(21)15(23)18(3)12(22)6-5-10(2)14(18)16(24)20-13(8-9)26-17(25)19(20,4)27-20/h5,8,11-16,21-24H,6-7H2,1-4H3. The van der Waals surface area contributed by atoms with E-state index in [-0.39, 0.29) is 6.42 Å². The van der Waals surface area contributed by atoms with Crippen molar-refractivity contribution in [2.24, 2.45) is 11.3 Å². The van der Waals surface area contributed by atoms with E-state index in [4.69, 9.17) is 9.47 Å². The number of esters is 1. The summed E-state index contributed by atoms with van der Waals surface area (Å²) in [6.07, 6.45) is -1.36. The molecule has 0 amide bonds. The molecule has 7 nitrogen and oxygen atoms in total. The van der Waals surface area contributed by atoms with Gasteiger partial charge in [0.05, 0.1) is 24.4 Å². The van der Waals surface area contributed by atoms with Crippen LogP contribution in [-0.2, 0) is 14.3 Å². The summed E-state index contributed by atoms with van der Waals surface area (Å²) in [6.45, 7) is 6.88. The van der Waals surface area contributed by atoms with Gasteiger partial charge in [0.2, 0.25) is 0 Å². The van der Waals surface area contributed by atoms with Crippen molar-refractivity contribution < 1.29 is 34.7 Å². The summed E-state index contributed by atoms with van der Waals surface area (Å²) >= 11 is 0. The first kappa shape index (κ1) is 19.1. The van der Waals surface area contributed by atoms with Gasteiger partial charge < -0.3 is 29.9 Å².